The van der Waals surface area contributed by atoms with Crippen molar-refractivity contribution < 1.29 is 4.42 Å². The molecule has 0 fully saturated rings. The van der Waals surface area contributed by atoms with Gasteiger partial charge in [-0.15, -0.1) is 0 Å². The number of halogens is 1. The van der Waals surface area contributed by atoms with Crippen molar-refractivity contribution in [1.29, 1.82) is 0 Å². The van der Waals surface area contributed by atoms with Crippen LogP contribution in [0.2, 0.25) is 5.02 Å². The number of nitrogens with zero attached hydrogens (tertiary/aromatic N) is 1. The Hall–Kier alpha value is -8.08. The van der Waals surface area contributed by atoms with E-state index >= 15 is 0 Å². The Balaban J connectivity index is 1.04. The van der Waals surface area contributed by atoms with Crippen molar-refractivity contribution in [3.05, 3.63) is 270 Å². The van der Waals surface area contributed by atoms with E-state index < -0.39 is 5.41 Å². The zero-order valence-corrected chi connectivity index (χ0v) is 38.8. The monoisotopic (exact) mass is 917 g/mol. The molecule has 1 spiro atoms. The zero-order valence-electron chi connectivity index (χ0n) is 37.2. The highest BCUT2D eigenvalue weighted by atomic mass is 35.5. The lowest BCUT2D eigenvalue weighted by molar-refractivity contribution is 0.670. The molecular weight excluding hydrogens is 878 g/mol. The Bertz CT molecular complexity index is 4010. The molecule has 0 bridgehead atoms. The Morgan fingerprint density at radius 1 is 0.362 bits per heavy atom. The minimum absolute atomic E-state index is 0.604. The molecule has 2 nitrogen and oxygen atoms in total. The summed E-state index contributed by atoms with van der Waals surface area (Å²) in [7, 11) is 0. The van der Waals surface area contributed by atoms with Crippen LogP contribution >= 0.6 is 23.4 Å². The van der Waals surface area contributed by atoms with Gasteiger partial charge in [-0.2, -0.15) is 0 Å². The molecule has 1 unspecified atom stereocenters. The maximum atomic E-state index is 6.81. The number of hydrogen-bond acceptors (Lipinski definition) is 3. The van der Waals surface area contributed by atoms with Gasteiger partial charge in [0.1, 0.15) is 11.2 Å². The molecule has 0 radical (unpaired) electrons. The van der Waals surface area contributed by atoms with E-state index in [0.717, 1.165) is 66.3 Å². The summed E-state index contributed by atoms with van der Waals surface area (Å²) in [6.07, 6.45) is 0. The van der Waals surface area contributed by atoms with Crippen molar-refractivity contribution in [3.8, 4) is 44.5 Å². The lowest BCUT2D eigenvalue weighted by Crippen LogP contribution is -2.32. The van der Waals surface area contributed by atoms with Crippen molar-refractivity contribution in [3.63, 3.8) is 0 Å². The van der Waals surface area contributed by atoms with Gasteiger partial charge in [0.25, 0.3) is 0 Å². The normalized spacial score (nSPS) is 14.4. The third-order valence-corrected chi connectivity index (χ3v) is 15.8. The number of fused-ring (bicyclic) bond motifs is 13. The molecule has 12 aromatic rings. The fourth-order valence-electron chi connectivity index (χ4n) is 11.2. The van der Waals surface area contributed by atoms with Crippen LogP contribution in [0.4, 0.5) is 17.1 Å². The number of para-hydroxylation sites is 1. The molecule has 0 saturated heterocycles. The Morgan fingerprint density at radius 2 is 0.986 bits per heavy atom. The predicted molar refractivity (Wildman–Crippen MR) is 289 cm³/mol. The van der Waals surface area contributed by atoms with E-state index in [9.17, 15) is 0 Å². The number of anilines is 3. The molecule has 2 aliphatic rings. The van der Waals surface area contributed by atoms with Gasteiger partial charge in [0.2, 0.25) is 0 Å². The molecule has 1 aliphatic carbocycles. The summed E-state index contributed by atoms with van der Waals surface area (Å²) >= 11 is 8.31. The molecule has 14 rings (SSSR count). The summed E-state index contributed by atoms with van der Waals surface area (Å²) in [5, 5.41) is 5.27. The first-order chi connectivity index (χ1) is 34.1. The summed E-state index contributed by atoms with van der Waals surface area (Å²) in [6, 6.07) is 88.6. The first kappa shape index (κ1) is 40.0. The zero-order chi connectivity index (χ0) is 45.6. The highest BCUT2D eigenvalue weighted by Gasteiger charge is 2.50. The quantitative estimate of drug-likeness (QED) is 0.165. The smallest absolute Gasteiger partial charge is 0.143 e. The second-order valence-electron chi connectivity index (χ2n) is 18.1. The van der Waals surface area contributed by atoms with Gasteiger partial charge in [0.05, 0.1) is 5.41 Å². The van der Waals surface area contributed by atoms with Crippen LogP contribution in [-0.2, 0) is 5.41 Å². The van der Waals surface area contributed by atoms with Crippen molar-refractivity contribution >= 4 is 73.1 Å². The molecule has 1 aromatic heterocycles. The summed E-state index contributed by atoms with van der Waals surface area (Å²) in [5.74, 6) is 0. The minimum atomic E-state index is -0.604. The lowest BCUT2D eigenvalue weighted by Gasteiger charge is -2.40. The lowest BCUT2D eigenvalue weighted by atomic mass is 9.67. The molecule has 2 heterocycles. The van der Waals surface area contributed by atoms with Crippen molar-refractivity contribution in [2.75, 3.05) is 4.90 Å². The average molecular weight is 919 g/mol. The van der Waals surface area contributed by atoms with Crippen LogP contribution in [0.1, 0.15) is 22.3 Å². The minimum Gasteiger partial charge on any atom is -0.455 e. The SMILES string of the molecule is Clc1ccc(-c2ccc3c(c2)C2(c4ccccc4Sc4ccc(N(c5ccc6ccccc6c5)c5cc(-c6ccc(-c7ccccc7)cc6)c6oc7ccccc7c6c5)cc42)c2ccccc2-3)cc1. The van der Waals surface area contributed by atoms with Gasteiger partial charge in [-0.1, -0.05) is 193 Å². The number of benzene rings is 11. The third-order valence-electron chi connectivity index (χ3n) is 14.4. The topological polar surface area (TPSA) is 16.4 Å². The van der Waals surface area contributed by atoms with E-state index in [-0.39, 0.29) is 0 Å². The van der Waals surface area contributed by atoms with Gasteiger partial charge in [0, 0.05) is 48.2 Å². The molecule has 4 heteroatoms. The van der Waals surface area contributed by atoms with Crippen LogP contribution in [0.15, 0.2) is 257 Å². The molecule has 324 valence electrons. The van der Waals surface area contributed by atoms with E-state index in [1.807, 2.05) is 23.9 Å². The third kappa shape index (κ3) is 6.28. The number of hydrogen-bond donors (Lipinski definition) is 0. The fraction of sp³-hybridized carbons (Fsp3) is 0.0154. The standard InChI is InChI=1S/C65H40ClNOS/c66-48-30-26-44(27-31-48)47-29-34-53-52-16-6-8-18-57(52)65(59(53)37-47)58-19-9-11-21-62(58)69-63-35-33-50(40-60(63)65)67(49-32-28-42-14-4-5-15-46(42)36-49)51-38-55(64-56(39-51)54-17-7-10-20-61(54)68-64)45-24-22-43(23-25-45)41-12-2-1-3-13-41/h1-40H. The van der Waals surface area contributed by atoms with Gasteiger partial charge in [-0.3, -0.25) is 0 Å². The van der Waals surface area contributed by atoms with Gasteiger partial charge < -0.3 is 9.32 Å². The summed E-state index contributed by atoms with van der Waals surface area (Å²) in [5.41, 5.74) is 18.8. The summed E-state index contributed by atoms with van der Waals surface area (Å²) in [6.45, 7) is 0. The van der Waals surface area contributed by atoms with Crippen molar-refractivity contribution in [1.82, 2.24) is 0 Å². The molecule has 11 aromatic carbocycles. The van der Waals surface area contributed by atoms with E-state index in [4.69, 9.17) is 16.0 Å². The number of furan rings is 1. The molecular formula is C65H40ClNOS. The molecule has 0 saturated carbocycles. The first-order valence-corrected chi connectivity index (χ1v) is 24.6. The predicted octanol–water partition coefficient (Wildman–Crippen LogP) is 18.7. The van der Waals surface area contributed by atoms with Gasteiger partial charge >= 0.3 is 0 Å². The van der Waals surface area contributed by atoms with Crippen LogP contribution in [0, 0.1) is 0 Å². The van der Waals surface area contributed by atoms with Crippen LogP contribution in [0.25, 0.3) is 77.2 Å². The first-order valence-electron chi connectivity index (χ1n) is 23.4. The molecule has 0 amide bonds. The van der Waals surface area contributed by atoms with Crippen molar-refractivity contribution in [2.24, 2.45) is 0 Å². The van der Waals surface area contributed by atoms with Crippen LogP contribution in [0.3, 0.4) is 0 Å². The largest absolute Gasteiger partial charge is 0.455 e. The van der Waals surface area contributed by atoms with Crippen molar-refractivity contribution in [2.45, 2.75) is 15.2 Å². The van der Waals surface area contributed by atoms with E-state index in [0.29, 0.717) is 0 Å². The summed E-state index contributed by atoms with van der Waals surface area (Å²) in [4.78, 5) is 4.97. The van der Waals surface area contributed by atoms with Crippen LogP contribution in [0.5, 0.6) is 0 Å². The number of rotatable bonds is 6. The second kappa shape index (κ2) is 15.8. The highest BCUT2D eigenvalue weighted by Crippen LogP contribution is 2.63. The summed E-state index contributed by atoms with van der Waals surface area (Å²) < 4.78 is 6.81. The Morgan fingerprint density at radius 3 is 1.86 bits per heavy atom. The van der Waals surface area contributed by atoms with E-state index in [1.165, 1.54) is 65.1 Å². The molecule has 1 aliphatic heterocycles. The van der Waals surface area contributed by atoms with Gasteiger partial charge in [0.15, 0.2) is 0 Å². The molecule has 0 N–H and O–H groups in total. The average Bonchev–Trinajstić information content (AvgIpc) is 3.93. The van der Waals surface area contributed by atoms with Crippen LogP contribution < -0.4 is 4.90 Å². The Labute approximate surface area is 409 Å². The second-order valence-corrected chi connectivity index (χ2v) is 19.6. The molecule has 1 atom stereocenters. The maximum absolute atomic E-state index is 6.81. The van der Waals surface area contributed by atoms with Gasteiger partial charge in [-0.05, 0) is 145 Å². The van der Waals surface area contributed by atoms with Crippen LogP contribution in [-0.4, -0.2) is 0 Å². The maximum Gasteiger partial charge on any atom is 0.143 e. The van der Waals surface area contributed by atoms with E-state index in [2.05, 4.69) is 235 Å². The highest BCUT2D eigenvalue weighted by molar-refractivity contribution is 7.99. The Kier molecular flexibility index (Phi) is 9.14. The van der Waals surface area contributed by atoms with E-state index in [1.54, 1.807) is 0 Å². The molecule has 69 heavy (non-hydrogen) atoms. The fourth-order valence-corrected chi connectivity index (χ4v) is 12.5. The van der Waals surface area contributed by atoms with Gasteiger partial charge in [-0.25, -0.2) is 0 Å².